The van der Waals surface area contributed by atoms with Gasteiger partial charge in [-0.1, -0.05) is 25.5 Å². The average Bonchev–Trinajstić information content (AvgIpc) is 2.54. The number of halogens is 1. The first-order chi connectivity index (χ1) is 11.9. The Hall–Kier alpha value is -2.37. The SMILES string of the molecule is CC1=C(C(=O)O[C@@H]2CCC[C@@H](C)C2)[C@@H](c2cccc(F)c2)NC(=O)N1. The molecule has 1 aliphatic carbocycles. The number of carbonyl (C=O) groups is 2. The standard InChI is InChI=1S/C19H23FN2O3/c1-11-5-3-8-15(9-11)25-18(23)16-12(2)21-19(24)22-17(16)13-6-4-7-14(20)10-13/h4,6-7,10-11,15,17H,3,5,8-9H2,1-2H3,(H2,21,22,24)/t11-,15-,17-/m1/s1. The Morgan fingerprint density at radius 3 is 2.84 bits per heavy atom. The number of hydrogen-bond acceptors (Lipinski definition) is 3. The van der Waals surface area contributed by atoms with Crippen LogP contribution in [0.4, 0.5) is 9.18 Å². The minimum absolute atomic E-state index is 0.109. The lowest BCUT2D eigenvalue weighted by atomic mass is 9.88. The first kappa shape index (κ1) is 17.5. The quantitative estimate of drug-likeness (QED) is 0.822. The molecule has 0 saturated heterocycles. The van der Waals surface area contributed by atoms with Crippen molar-refractivity contribution in [1.29, 1.82) is 0 Å². The number of carbonyl (C=O) groups excluding carboxylic acids is 2. The molecule has 1 saturated carbocycles. The Kier molecular flexibility index (Phi) is 5.06. The van der Waals surface area contributed by atoms with Crippen LogP contribution in [-0.2, 0) is 9.53 Å². The Morgan fingerprint density at radius 1 is 1.32 bits per heavy atom. The number of benzene rings is 1. The molecule has 6 heteroatoms. The fourth-order valence-electron chi connectivity index (χ4n) is 3.60. The second-order valence-electron chi connectivity index (χ2n) is 6.92. The molecule has 2 amide bonds. The number of ether oxygens (including phenoxy) is 1. The van der Waals surface area contributed by atoms with E-state index in [1.54, 1.807) is 19.1 Å². The number of amides is 2. The van der Waals surface area contributed by atoms with Crippen LogP contribution in [0.3, 0.4) is 0 Å². The predicted octanol–water partition coefficient (Wildman–Crippen LogP) is 3.58. The fourth-order valence-corrected chi connectivity index (χ4v) is 3.60. The smallest absolute Gasteiger partial charge is 0.338 e. The van der Waals surface area contributed by atoms with E-state index >= 15 is 0 Å². The van der Waals surface area contributed by atoms with Crippen LogP contribution in [0.1, 0.15) is 51.1 Å². The van der Waals surface area contributed by atoms with Crippen LogP contribution in [-0.4, -0.2) is 18.1 Å². The lowest BCUT2D eigenvalue weighted by Gasteiger charge is -2.31. The summed E-state index contributed by atoms with van der Waals surface area (Å²) in [5.74, 6) is -0.347. The minimum atomic E-state index is -0.724. The van der Waals surface area contributed by atoms with Crippen molar-refractivity contribution in [2.45, 2.75) is 51.7 Å². The van der Waals surface area contributed by atoms with Crippen LogP contribution in [0.2, 0.25) is 0 Å². The van der Waals surface area contributed by atoms with Crippen molar-refractivity contribution >= 4 is 12.0 Å². The molecule has 3 atom stereocenters. The second kappa shape index (κ2) is 7.25. The summed E-state index contributed by atoms with van der Waals surface area (Å²) in [7, 11) is 0. The summed E-state index contributed by atoms with van der Waals surface area (Å²) in [4.78, 5) is 24.6. The molecule has 25 heavy (non-hydrogen) atoms. The van der Waals surface area contributed by atoms with Crippen LogP contribution < -0.4 is 10.6 Å². The summed E-state index contributed by atoms with van der Waals surface area (Å²) in [5, 5.41) is 5.30. The van der Waals surface area contributed by atoms with Gasteiger partial charge in [0, 0.05) is 5.70 Å². The van der Waals surface area contributed by atoms with Gasteiger partial charge in [0.15, 0.2) is 0 Å². The fraction of sp³-hybridized carbons (Fsp3) is 0.474. The predicted molar refractivity (Wildman–Crippen MR) is 91.0 cm³/mol. The molecule has 5 nitrogen and oxygen atoms in total. The highest BCUT2D eigenvalue weighted by molar-refractivity contribution is 5.95. The van der Waals surface area contributed by atoms with Crippen molar-refractivity contribution in [3.63, 3.8) is 0 Å². The summed E-state index contributed by atoms with van der Waals surface area (Å²) in [6.07, 6.45) is 3.79. The summed E-state index contributed by atoms with van der Waals surface area (Å²) >= 11 is 0. The second-order valence-corrected chi connectivity index (χ2v) is 6.92. The summed E-state index contributed by atoms with van der Waals surface area (Å²) in [6, 6.07) is 4.74. The highest BCUT2D eigenvalue weighted by atomic mass is 19.1. The van der Waals surface area contributed by atoms with Gasteiger partial charge in [-0.05, 0) is 49.8 Å². The maximum Gasteiger partial charge on any atom is 0.338 e. The molecule has 0 spiro atoms. The van der Waals surface area contributed by atoms with E-state index in [-0.39, 0.29) is 6.10 Å². The van der Waals surface area contributed by atoms with Gasteiger partial charge in [-0.3, -0.25) is 0 Å². The van der Waals surface area contributed by atoms with Crippen molar-refractivity contribution in [2.75, 3.05) is 0 Å². The molecule has 134 valence electrons. The average molecular weight is 346 g/mol. The lowest BCUT2D eigenvalue weighted by molar-refractivity contribution is -0.146. The number of urea groups is 1. The number of hydrogen-bond donors (Lipinski definition) is 2. The Balaban J connectivity index is 1.85. The molecule has 0 aromatic heterocycles. The van der Waals surface area contributed by atoms with Gasteiger partial charge in [0.2, 0.25) is 0 Å². The zero-order valence-electron chi connectivity index (χ0n) is 14.5. The Bertz CT molecular complexity index is 716. The van der Waals surface area contributed by atoms with Gasteiger partial charge in [0.25, 0.3) is 0 Å². The van der Waals surface area contributed by atoms with Gasteiger partial charge in [0.05, 0.1) is 11.6 Å². The van der Waals surface area contributed by atoms with Gasteiger partial charge < -0.3 is 15.4 Å². The topological polar surface area (TPSA) is 67.4 Å². The zero-order chi connectivity index (χ0) is 18.0. The molecule has 1 heterocycles. The van der Waals surface area contributed by atoms with Crippen molar-refractivity contribution in [1.82, 2.24) is 10.6 Å². The molecule has 2 aliphatic rings. The van der Waals surface area contributed by atoms with E-state index in [0.717, 1.165) is 25.7 Å². The number of esters is 1. The van der Waals surface area contributed by atoms with Gasteiger partial charge in [-0.25, -0.2) is 14.0 Å². The molecule has 0 unspecified atom stereocenters. The van der Waals surface area contributed by atoms with Crippen molar-refractivity contribution in [3.8, 4) is 0 Å². The molecule has 0 radical (unpaired) electrons. The van der Waals surface area contributed by atoms with Crippen LogP contribution >= 0.6 is 0 Å². The maximum absolute atomic E-state index is 13.6. The number of nitrogens with one attached hydrogen (secondary N) is 2. The summed E-state index contributed by atoms with van der Waals surface area (Å²) in [5.41, 5.74) is 1.27. The van der Waals surface area contributed by atoms with Gasteiger partial charge in [-0.2, -0.15) is 0 Å². The molecule has 1 aromatic rings. The van der Waals surface area contributed by atoms with Crippen LogP contribution in [0, 0.1) is 11.7 Å². The van der Waals surface area contributed by atoms with Gasteiger partial charge in [0.1, 0.15) is 11.9 Å². The van der Waals surface area contributed by atoms with E-state index in [1.807, 2.05) is 0 Å². The first-order valence-electron chi connectivity index (χ1n) is 8.68. The van der Waals surface area contributed by atoms with Crippen molar-refractivity contribution < 1.29 is 18.7 Å². The molecule has 1 aliphatic heterocycles. The lowest BCUT2D eigenvalue weighted by Crippen LogP contribution is -2.45. The van der Waals surface area contributed by atoms with Crippen molar-refractivity contribution in [3.05, 3.63) is 46.9 Å². The van der Waals surface area contributed by atoms with Crippen LogP contribution in [0.5, 0.6) is 0 Å². The third kappa shape index (κ3) is 4.00. The zero-order valence-corrected chi connectivity index (χ0v) is 14.5. The van der Waals surface area contributed by atoms with E-state index < -0.39 is 23.9 Å². The Morgan fingerprint density at radius 2 is 2.12 bits per heavy atom. The van der Waals surface area contributed by atoms with Crippen LogP contribution in [0.25, 0.3) is 0 Å². The summed E-state index contributed by atoms with van der Waals surface area (Å²) in [6.45, 7) is 3.81. The molecule has 0 bridgehead atoms. The molecule has 1 fully saturated rings. The maximum atomic E-state index is 13.6. The molecule has 1 aromatic carbocycles. The van der Waals surface area contributed by atoms with E-state index in [1.165, 1.54) is 12.1 Å². The third-order valence-corrected chi connectivity index (χ3v) is 4.83. The number of allylic oxidation sites excluding steroid dienone is 1. The van der Waals surface area contributed by atoms with E-state index in [2.05, 4.69) is 17.6 Å². The van der Waals surface area contributed by atoms with Crippen molar-refractivity contribution in [2.24, 2.45) is 5.92 Å². The molecule has 2 N–H and O–H groups in total. The highest BCUT2D eigenvalue weighted by Gasteiger charge is 2.34. The largest absolute Gasteiger partial charge is 0.459 e. The molecular formula is C19H23FN2O3. The Labute approximate surface area is 146 Å². The number of rotatable bonds is 3. The third-order valence-electron chi connectivity index (χ3n) is 4.83. The highest BCUT2D eigenvalue weighted by Crippen LogP contribution is 2.31. The first-order valence-corrected chi connectivity index (χ1v) is 8.68. The van der Waals surface area contributed by atoms with Gasteiger partial charge in [-0.15, -0.1) is 0 Å². The van der Waals surface area contributed by atoms with E-state index in [9.17, 15) is 14.0 Å². The van der Waals surface area contributed by atoms with Gasteiger partial charge >= 0.3 is 12.0 Å². The molecular weight excluding hydrogens is 323 g/mol. The van der Waals surface area contributed by atoms with E-state index in [0.29, 0.717) is 22.8 Å². The normalized spacial score (nSPS) is 26.7. The molecule has 3 rings (SSSR count). The minimum Gasteiger partial charge on any atom is -0.459 e. The monoisotopic (exact) mass is 346 g/mol. The van der Waals surface area contributed by atoms with E-state index in [4.69, 9.17) is 4.74 Å². The van der Waals surface area contributed by atoms with Crippen LogP contribution in [0.15, 0.2) is 35.5 Å². The summed E-state index contributed by atoms with van der Waals surface area (Å²) < 4.78 is 19.3.